The van der Waals surface area contributed by atoms with Crippen LogP contribution in [0.2, 0.25) is 0 Å². The summed E-state index contributed by atoms with van der Waals surface area (Å²) in [6.07, 6.45) is 0.776. The van der Waals surface area contributed by atoms with Gasteiger partial charge in [-0.2, -0.15) is 5.26 Å². The molecule has 2 nitrogen and oxygen atoms in total. The Balaban J connectivity index is 3.12. The molecule has 0 saturated heterocycles. The van der Waals surface area contributed by atoms with Crippen LogP contribution in [0.5, 0.6) is 0 Å². The van der Waals surface area contributed by atoms with Crippen molar-refractivity contribution < 1.29 is 5.11 Å². The quantitative estimate of drug-likeness (QED) is 0.793. The molecule has 1 aromatic rings. The molecule has 0 saturated carbocycles. The monoisotopic (exact) mass is 189 g/mol. The van der Waals surface area contributed by atoms with Gasteiger partial charge in [-0.3, -0.25) is 0 Å². The van der Waals surface area contributed by atoms with E-state index in [1.807, 2.05) is 38.1 Å². The summed E-state index contributed by atoms with van der Waals surface area (Å²) in [5.41, 5.74) is 1.40. The molecule has 0 heterocycles. The minimum atomic E-state index is -0.439. The van der Waals surface area contributed by atoms with Crippen molar-refractivity contribution in [2.75, 3.05) is 0 Å². The fourth-order valence-corrected chi connectivity index (χ4v) is 1.36. The van der Waals surface area contributed by atoms with Gasteiger partial charge in [0.05, 0.1) is 18.1 Å². The van der Waals surface area contributed by atoms with Crippen LogP contribution in [0.3, 0.4) is 0 Å². The highest BCUT2D eigenvalue weighted by Crippen LogP contribution is 2.27. The van der Waals surface area contributed by atoms with E-state index in [-0.39, 0.29) is 6.61 Å². The number of hydrogen-bond acceptors (Lipinski definition) is 2. The Bertz CT molecular complexity index is 354. The summed E-state index contributed by atoms with van der Waals surface area (Å²) in [4.78, 5) is 0. The summed E-state index contributed by atoms with van der Waals surface area (Å²) in [6.45, 7) is 3.94. The summed E-state index contributed by atoms with van der Waals surface area (Å²) in [5, 5.41) is 18.1. The maximum atomic E-state index is 9.09. The molecule has 0 fully saturated rings. The Kier molecular flexibility index (Phi) is 3.27. The number of benzene rings is 1. The number of aliphatic hydroxyl groups excluding tert-OH is 1. The zero-order valence-corrected chi connectivity index (χ0v) is 8.62. The first-order valence-corrected chi connectivity index (χ1v) is 4.78. The summed E-state index contributed by atoms with van der Waals surface area (Å²) in [7, 11) is 0. The number of aliphatic hydroxyl groups is 1. The number of hydrogen-bond donors (Lipinski definition) is 1. The van der Waals surface area contributed by atoms with Gasteiger partial charge in [-0.15, -0.1) is 0 Å². The van der Waals surface area contributed by atoms with E-state index in [2.05, 4.69) is 6.07 Å². The van der Waals surface area contributed by atoms with Gasteiger partial charge in [0.2, 0.25) is 0 Å². The van der Waals surface area contributed by atoms with Gasteiger partial charge in [0, 0.05) is 0 Å². The van der Waals surface area contributed by atoms with Crippen molar-refractivity contribution in [3.05, 3.63) is 35.4 Å². The molecule has 1 N–H and O–H groups in total. The molecule has 0 aliphatic heterocycles. The van der Waals surface area contributed by atoms with Gasteiger partial charge in [-0.1, -0.05) is 31.2 Å². The van der Waals surface area contributed by atoms with Crippen molar-refractivity contribution in [3.8, 4) is 6.07 Å². The third-order valence-corrected chi connectivity index (χ3v) is 2.70. The second-order valence-electron chi connectivity index (χ2n) is 3.66. The first-order chi connectivity index (χ1) is 6.66. The summed E-state index contributed by atoms with van der Waals surface area (Å²) >= 11 is 0. The molecule has 0 aliphatic carbocycles. The molecule has 0 radical (unpaired) electrons. The fraction of sp³-hybridized carbons (Fsp3) is 0.417. The second kappa shape index (κ2) is 4.26. The second-order valence-corrected chi connectivity index (χ2v) is 3.66. The highest BCUT2D eigenvalue weighted by molar-refractivity contribution is 5.34. The van der Waals surface area contributed by atoms with E-state index in [0.29, 0.717) is 0 Å². The van der Waals surface area contributed by atoms with Crippen LogP contribution in [0.15, 0.2) is 24.3 Å². The van der Waals surface area contributed by atoms with Crippen molar-refractivity contribution in [2.24, 2.45) is 0 Å². The Hall–Kier alpha value is -1.33. The fourth-order valence-electron chi connectivity index (χ4n) is 1.36. The molecular weight excluding hydrogens is 174 g/mol. The lowest BCUT2D eigenvalue weighted by atomic mass is 9.81. The molecule has 0 aromatic heterocycles. The molecule has 0 amide bonds. The SMILES string of the molecule is CCC(C)(C#N)c1cccc(CO)c1. The highest BCUT2D eigenvalue weighted by Gasteiger charge is 2.23. The predicted molar refractivity (Wildman–Crippen MR) is 55.6 cm³/mol. The Morgan fingerprint density at radius 1 is 1.50 bits per heavy atom. The Morgan fingerprint density at radius 2 is 2.21 bits per heavy atom. The van der Waals surface area contributed by atoms with Crippen LogP contribution >= 0.6 is 0 Å². The van der Waals surface area contributed by atoms with E-state index in [1.54, 1.807) is 0 Å². The van der Waals surface area contributed by atoms with E-state index < -0.39 is 5.41 Å². The van der Waals surface area contributed by atoms with E-state index in [1.165, 1.54) is 0 Å². The summed E-state index contributed by atoms with van der Waals surface area (Å²) in [5.74, 6) is 0. The molecule has 74 valence electrons. The van der Waals surface area contributed by atoms with Crippen LogP contribution in [0.4, 0.5) is 0 Å². The lowest BCUT2D eigenvalue weighted by Gasteiger charge is -2.20. The van der Waals surface area contributed by atoms with E-state index in [0.717, 1.165) is 17.5 Å². The zero-order chi connectivity index (χ0) is 10.6. The first-order valence-electron chi connectivity index (χ1n) is 4.78. The predicted octanol–water partition coefficient (Wildman–Crippen LogP) is 2.37. The average molecular weight is 189 g/mol. The molecule has 1 rings (SSSR count). The van der Waals surface area contributed by atoms with E-state index in [4.69, 9.17) is 10.4 Å². The van der Waals surface area contributed by atoms with Crippen LogP contribution in [0.25, 0.3) is 0 Å². The van der Waals surface area contributed by atoms with Gasteiger partial charge >= 0.3 is 0 Å². The molecule has 1 aromatic carbocycles. The largest absolute Gasteiger partial charge is 0.392 e. The van der Waals surface area contributed by atoms with Gasteiger partial charge < -0.3 is 5.11 Å². The summed E-state index contributed by atoms with van der Waals surface area (Å²) < 4.78 is 0. The average Bonchev–Trinajstić information content (AvgIpc) is 2.28. The van der Waals surface area contributed by atoms with Crippen molar-refractivity contribution in [1.29, 1.82) is 5.26 Å². The van der Waals surface area contributed by atoms with Gasteiger partial charge in [0.1, 0.15) is 0 Å². The van der Waals surface area contributed by atoms with Crippen molar-refractivity contribution in [2.45, 2.75) is 32.3 Å². The third kappa shape index (κ3) is 1.94. The zero-order valence-electron chi connectivity index (χ0n) is 8.62. The standard InChI is InChI=1S/C12H15NO/c1-3-12(2,9-13)11-6-4-5-10(7-11)8-14/h4-7,14H,3,8H2,1-2H3. The maximum absolute atomic E-state index is 9.09. The van der Waals surface area contributed by atoms with E-state index >= 15 is 0 Å². The van der Waals surface area contributed by atoms with Gasteiger partial charge in [0.25, 0.3) is 0 Å². The molecule has 0 spiro atoms. The van der Waals surface area contributed by atoms with Crippen LogP contribution in [-0.4, -0.2) is 5.11 Å². The minimum absolute atomic E-state index is 0.0268. The molecule has 2 heteroatoms. The van der Waals surface area contributed by atoms with Crippen LogP contribution in [0, 0.1) is 11.3 Å². The first kappa shape index (κ1) is 10.7. The normalized spacial score (nSPS) is 14.4. The molecular formula is C12H15NO. The van der Waals surface area contributed by atoms with Crippen molar-refractivity contribution in [3.63, 3.8) is 0 Å². The van der Waals surface area contributed by atoms with Crippen LogP contribution in [0.1, 0.15) is 31.4 Å². The van der Waals surface area contributed by atoms with E-state index in [9.17, 15) is 0 Å². The van der Waals surface area contributed by atoms with Crippen LogP contribution in [-0.2, 0) is 12.0 Å². The van der Waals surface area contributed by atoms with Crippen molar-refractivity contribution in [1.82, 2.24) is 0 Å². The minimum Gasteiger partial charge on any atom is -0.392 e. The lowest BCUT2D eigenvalue weighted by Crippen LogP contribution is -2.18. The third-order valence-electron chi connectivity index (χ3n) is 2.70. The molecule has 14 heavy (non-hydrogen) atoms. The molecule has 0 aliphatic rings. The molecule has 0 bridgehead atoms. The van der Waals surface area contributed by atoms with Gasteiger partial charge in [-0.05, 0) is 24.5 Å². The highest BCUT2D eigenvalue weighted by atomic mass is 16.3. The molecule has 1 atom stereocenters. The van der Waals surface area contributed by atoms with Gasteiger partial charge in [-0.25, -0.2) is 0 Å². The number of rotatable bonds is 3. The number of nitriles is 1. The smallest absolute Gasteiger partial charge is 0.0791 e. The Morgan fingerprint density at radius 3 is 2.71 bits per heavy atom. The maximum Gasteiger partial charge on any atom is 0.0791 e. The number of nitrogens with zero attached hydrogens (tertiary/aromatic N) is 1. The Labute approximate surface area is 84.8 Å². The van der Waals surface area contributed by atoms with Gasteiger partial charge in [0.15, 0.2) is 0 Å². The topological polar surface area (TPSA) is 44.0 Å². The van der Waals surface area contributed by atoms with Crippen LogP contribution < -0.4 is 0 Å². The van der Waals surface area contributed by atoms with Crippen molar-refractivity contribution >= 4 is 0 Å². The lowest BCUT2D eigenvalue weighted by molar-refractivity contribution is 0.281. The summed E-state index contributed by atoms with van der Waals surface area (Å²) in [6, 6.07) is 9.89. The molecule has 1 unspecified atom stereocenters.